The number of nitrogens with one attached hydrogen (secondary N) is 1. The molecule has 1 unspecified atom stereocenters. The standard InChI is InChI=1S/C16H15F2NO2/c1-10(11-3-5-12(17)6-4-11)19-13-7-8-15(18)14(9-13)16(20)21-2/h3-10,19H,1-2H3. The van der Waals surface area contributed by atoms with Gasteiger partial charge >= 0.3 is 5.97 Å². The molecule has 2 aromatic rings. The summed E-state index contributed by atoms with van der Waals surface area (Å²) in [6.45, 7) is 1.88. The summed E-state index contributed by atoms with van der Waals surface area (Å²) in [5, 5.41) is 3.13. The summed E-state index contributed by atoms with van der Waals surface area (Å²) >= 11 is 0. The van der Waals surface area contributed by atoms with Gasteiger partial charge in [0.25, 0.3) is 0 Å². The van der Waals surface area contributed by atoms with Crippen molar-refractivity contribution in [2.45, 2.75) is 13.0 Å². The van der Waals surface area contributed by atoms with E-state index in [0.717, 1.165) is 5.56 Å². The Morgan fingerprint density at radius 3 is 2.43 bits per heavy atom. The smallest absolute Gasteiger partial charge is 0.340 e. The number of hydrogen-bond donors (Lipinski definition) is 1. The van der Waals surface area contributed by atoms with Gasteiger partial charge in [0.05, 0.1) is 12.7 Å². The summed E-state index contributed by atoms with van der Waals surface area (Å²) in [6, 6.07) is 10.1. The topological polar surface area (TPSA) is 38.3 Å². The molecule has 110 valence electrons. The number of hydrogen-bond acceptors (Lipinski definition) is 3. The van der Waals surface area contributed by atoms with Crippen LogP contribution in [0.15, 0.2) is 42.5 Å². The number of anilines is 1. The van der Waals surface area contributed by atoms with E-state index in [4.69, 9.17) is 0 Å². The molecule has 2 rings (SSSR count). The van der Waals surface area contributed by atoms with Gasteiger partial charge in [-0.15, -0.1) is 0 Å². The summed E-state index contributed by atoms with van der Waals surface area (Å²) in [5.74, 6) is -1.67. The maximum absolute atomic E-state index is 13.5. The summed E-state index contributed by atoms with van der Waals surface area (Å²) in [4.78, 5) is 11.4. The van der Waals surface area contributed by atoms with Gasteiger partial charge in [-0.1, -0.05) is 12.1 Å². The zero-order valence-corrected chi connectivity index (χ0v) is 11.7. The molecule has 0 fully saturated rings. The Bertz CT molecular complexity index is 641. The number of methoxy groups -OCH3 is 1. The van der Waals surface area contributed by atoms with Gasteiger partial charge in [0.1, 0.15) is 11.6 Å². The molecule has 0 amide bonds. The lowest BCUT2D eigenvalue weighted by Gasteiger charge is -2.16. The Morgan fingerprint density at radius 1 is 1.14 bits per heavy atom. The molecule has 0 heterocycles. The van der Waals surface area contributed by atoms with E-state index in [2.05, 4.69) is 10.1 Å². The molecule has 0 saturated heterocycles. The molecule has 0 aromatic heterocycles. The monoisotopic (exact) mass is 291 g/mol. The van der Waals surface area contributed by atoms with Gasteiger partial charge in [0.15, 0.2) is 0 Å². The first-order chi connectivity index (χ1) is 10.0. The molecule has 0 saturated carbocycles. The second-order valence-electron chi connectivity index (χ2n) is 4.60. The van der Waals surface area contributed by atoms with Crippen LogP contribution in [0.4, 0.5) is 14.5 Å². The third kappa shape index (κ3) is 3.56. The second kappa shape index (κ2) is 6.35. The summed E-state index contributed by atoms with van der Waals surface area (Å²) in [6.07, 6.45) is 0. The number of carbonyl (C=O) groups is 1. The van der Waals surface area contributed by atoms with E-state index in [9.17, 15) is 13.6 Å². The van der Waals surface area contributed by atoms with Crippen molar-refractivity contribution in [2.24, 2.45) is 0 Å². The minimum atomic E-state index is -0.731. The molecule has 0 spiro atoms. The SMILES string of the molecule is COC(=O)c1cc(NC(C)c2ccc(F)cc2)ccc1F. The van der Waals surface area contributed by atoms with Gasteiger partial charge < -0.3 is 10.1 Å². The normalized spacial score (nSPS) is 11.8. The van der Waals surface area contributed by atoms with Gasteiger partial charge in [-0.25, -0.2) is 13.6 Å². The predicted octanol–water partition coefficient (Wildman–Crippen LogP) is 3.92. The summed E-state index contributed by atoms with van der Waals surface area (Å²) < 4.78 is 31.0. The molecule has 1 atom stereocenters. The number of carbonyl (C=O) groups excluding carboxylic acids is 1. The van der Waals surface area contributed by atoms with Crippen LogP contribution in [0.1, 0.15) is 28.9 Å². The molecule has 0 radical (unpaired) electrons. The lowest BCUT2D eigenvalue weighted by atomic mass is 10.1. The first-order valence-corrected chi connectivity index (χ1v) is 6.41. The lowest BCUT2D eigenvalue weighted by molar-refractivity contribution is 0.0595. The van der Waals surface area contributed by atoms with E-state index < -0.39 is 11.8 Å². The van der Waals surface area contributed by atoms with Crippen molar-refractivity contribution < 1.29 is 18.3 Å². The molecule has 0 bridgehead atoms. The zero-order valence-electron chi connectivity index (χ0n) is 11.7. The quantitative estimate of drug-likeness (QED) is 0.868. The van der Waals surface area contributed by atoms with E-state index in [-0.39, 0.29) is 17.4 Å². The third-order valence-corrected chi connectivity index (χ3v) is 3.12. The van der Waals surface area contributed by atoms with Crippen LogP contribution in [0, 0.1) is 11.6 Å². The third-order valence-electron chi connectivity index (χ3n) is 3.12. The van der Waals surface area contributed by atoms with Crippen LogP contribution < -0.4 is 5.32 Å². The predicted molar refractivity (Wildman–Crippen MR) is 76.2 cm³/mol. The van der Waals surface area contributed by atoms with Crippen molar-refractivity contribution in [3.05, 3.63) is 65.2 Å². The largest absolute Gasteiger partial charge is 0.465 e. The van der Waals surface area contributed by atoms with Gasteiger partial charge in [0, 0.05) is 11.7 Å². The molecular formula is C16H15F2NO2. The highest BCUT2D eigenvalue weighted by Gasteiger charge is 2.14. The van der Waals surface area contributed by atoms with Crippen molar-refractivity contribution in [1.29, 1.82) is 0 Å². The Labute approximate surface area is 121 Å². The van der Waals surface area contributed by atoms with Gasteiger partial charge in [-0.3, -0.25) is 0 Å². The zero-order chi connectivity index (χ0) is 15.4. The van der Waals surface area contributed by atoms with E-state index in [1.807, 2.05) is 6.92 Å². The van der Waals surface area contributed by atoms with Crippen molar-refractivity contribution in [3.63, 3.8) is 0 Å². The molecule has 0 aliphatic heterocycles. The number of rotatable bonds is 4. The highest BCUT2D eigenvalue weighted by molar-refractivity contribution is 5.90. The molecule has 3 nitrogen and oxygen atoms in total. The van der Waals surface area contributed by atoms with Crippen molar-refractivity contribution in [3.8, 4) is 0 Å². The Morgan fingerprint density at radius 2 is 1.81 bits per heavy atom. The van der Waals surface area contributed by atoms with Crippen LogP contribution in [0.2, 0.25) is 0 Å². The number of halogens is 2. The maximum atomic E-state index is 13.5. The van der Waals surface area contributed by atoms with Crippen LogP contribution in [0.25, 0.3) is 0 Å². The van der Waals surface area contributed by atoms with Gasteiger partial charge in [-0.05, 0) is 42.8 Å². The Kier molecular flexibility index (Phi) is 4.52. The minimum Gasteiger partial charge on any atom is -0.465 e. The molecule has 0 aliphatic carbocycles. The Balaban J connectivity index is 2.19. The van der Waals surface area contributed by atoms with Gasteiger partial charge in [0.2, 0.25) is 0 Å². The lowest BCUT2D eigenvalue weighted by Crippen LogP contribution is -2.09. The van der Waals surface area contributed by atoms with Gasteiger partial charge in [-0.2, -0.15) is 0 Å². The highest BCUT2D eigenvalue weighted by Crippen LogP contribution is 2.22. The maximum Gasteiger partial charge on any atom is 0.340 e. The molecular weight excluding hydrogens is 276 g/mol. The number of esters is 1. The first kappa shape index (κ1) is 15.0. The van der Waals surface area contributed by atoms with Crippen molar-refractivity contribution in [1.82, 2.24) is 0 Å². The summed E-state index contributed by atoms with van der Waals surface area (Å²) in [5.41, 5.74) is 1.32. The van der Waals surface area contributed by atoms with E-state index in [1.165, 1.54) is 37.4 Å². The van der Waals surface area contributed by atoms with Crippen LogP contribution in [-0.2, 0) is 4.74 Å². The van der Waals surface area contributed by atoms with Crippen molar-refractivity contribution >= 4 is 11.7 Å². The average Bonchev–Trinajstić information content (AvgIpc) is 2.49. The van der Waals surface area contributed by atoms with E-state index in [0.29, 0.717) is 5.69 Å². The molecule has 0 aliphatic rings. The fourth-order valence-electron chi connectivity index (χ4n) is 1.97. The minimum absolute atomic E-state index is 0.124. The van der Waals surface area contributed by atoms with E-state index in [1.54, 1.807) is 12.1 Å². The van der Waals surface area contributed by atoms with Crippen LogP contribution >= 0.6 is 0 Å². The fourth-order valence-corrected chi connectivity index (χ4v) is 1.97. The molecule has 1 N–H and O–H groups in total. The van der Waals surface area contributed by atoms with E-state index >= 15 is 0 Å². The average molecular weight is 291 g/mol. The highest BCUT2D eigenvalue weighted by atomic mass is 19.1. The molecule has 5 heteroatoms. The van der Waals surface area contributed by atoms with Crippen molar-refractivity contribution in [2.75, 3.05) is 12.4 Å². The fraction of sp³-hybridized carbons (Fsp3) is 0.188. The molecule has 21 heavy (non-hydrogen) atoms. The Hall–Kier alpha value is -2.43. The number of benzene rings is 2. The van der Waals surface area contributed by atoms with Crippen LogP contribution in [-0.4, -0.2) is 13.1 Å². The van der Waals surface area contributed by atoms with Crippen LogP contribution in [0.5, 0.6) is 0 Å². The summed E-state index contributed by atoms with van der Waals surface area (Å²) in [7, 11) is 1.20. The second-order valence-corrected chi connectivity index (χ2v) is 4.60. The molecule has 2 aromatic carbocycles. The van der Waals surface area contributed by atoms with Crippen LogP contribution in [0.3, 0.4) is 0 Å². The number of ether oxygens (including phenoxy) is 1. The first-order valence-electron chi connectivity index (χ1n) is 6.41.